The van der Waals surface area contributed by atoms with Crippen LogP contribution < -0.4 is 11.2 Å². The van der Waals surface area contributed by atoms with Crippen molar-refractivity contribution in [3.8, 4) is 0 Å². The zero-order valence-electron chi connectivity index (χ0n) is 5.77. The summed E-state index contributed by atoms with van der Waals surface area (Å²) < 4.78 is 24.5. The first-order valence-corrected chi connectivity index (χ1v) is 4.06. The van der Waals surface area contributed by atoms with Crippen molar-refractivity contribution in [1.82, 2.24) is 4.98 Å². The summed E-state index contributed by atoms with van der Waals surface area (Å²) in [7, 11) is 0. The van der Waals surface area contributed by atoms with E-state index in [1.54, 1.807) is 22.6 Å². The number of halogens is 3. The molecule has 1 aromatic heterocycles. The molecule has 0 saturated carbocycles. The number of aromatic amines is 1. The van der Waals surface area contributed by atoms with Gasteiger partial charge in [0.1, 0.15) is 11.4 Å². The lowest BCUT2D eigenvalue weighted by molar-refractivity contribution is 0.147. The van der Waals surface area contributed by atoms with Gasteiger partial charge in [-0.05, 0) is 22.6 Å². The molecule has 0 aliphatic rings. The maximum Gasteiger partial charge on any atom is 0.280 e. The van der Waals surface area contributed by atoms with Gasteiger partial charge in [0.2, 0.25) is 5.43 Å². The molecule has 6 heteroatoms. The van der Waals surface area contributed by atoms with Crippen molar-refractivity contribution in [2.45, 2.75) is 6.43 Å². The molecule has 0 fully saturated rings. The minimum atomic E-state index is -2.74. The number of aromatic nitrogens is 1. The standard InChI is InChI=1S/C6H5F2IN2O/c7-6(8)4-3(10)5(12)2(9)1-11-4/h1,6H,10H2,(H,11,12). The highest BCUT2D eigenvalue weighted by molar-refractivity contribution is 14.1. The van der Waals surface area contributed by atoms with Crippen molar-refractivity contribution in [2.75, 3.05) is 5.73 Å². The van der Waals surface area contributed by atoms with E-state index in [1.165, 1.54) is 6.20 Å². The number of nitrogen functional groups attached to an aromatic ring is 1. The van der Waals surface area contributed by atoms with Crippen molar-refractivity contribution in [1.29, 1.82) is 0 Å². The Morgan fingerprint density at radius 1 is 1.58 bits per heavy atom. The summed E-state index contributed by atoms with van der Waals surface area (Å²) in [6, 6.07) is 0. The van der Waals surface area contributed by atoms with Gasteiger partial charge in [0, 0.05) is 6.20 Å². The second kappa shape index (κ2) is 3.38. The lowest BCUT2D eigenvalue weighted by Gasteiger charge is -2.03. The van der Waals surface area contributed by atoms with E-state index in [0.717, 1.165) is 0 Å². The monoisotopic (exact) mass is 286 g/mol. The van der Waals surface area contributed by atoms with Crippen LogP contribution >= 0.6 is 22.6 Å². The number of hydrogen-bond donors (Lipinski definition) is 2. The van der Waals surface area contributed by atoms with E-state index in [9.17, 15) is 13.6 Å². The summed E-state index contributed by atoms with van der Waals surface area (Å²) in [5.74, 6) is 0. The Labute approximate surface area is 80.1 Å². The third-order valence-electron chi connectivity index (χ3n) is 1.32. The molecule has 0 aliphatic heterocycles. The van der Waals surface area contributed by atoms with Gasteiger partial charge in [0.15, 0.2) is 0 Å². The Balaban J connectivity index is 3.37. The molecule has 12 heavy (non-hydrogen) atoms. The molecule has 0 radical (unpaired) electrons. The van der Waals surface area contributed by atoms with E-state index in [0.29, 0.717) is 3.57 Å². The van der Waals surface area contributed by atoms with E-state index in [1.807, 2.05) is 0 Å². The van der Waals surface area contributed by atoms with Gasteiger partial charge in [-0.25, -0.2) is 8.78 Å². The molecule has 3 N–H and O–H groups in total. The molecule has 3 nitrogen and oxygen atoms in total. The van der Waals surface area contributed by atoms with Crippen LogP contribution in [0.4, 0.5) is 14.5 Å². The molecular weight excluding hydrogens is 281 g/mol. The first-order valence-electron chi connectivity index (χ1n) is 2.98. The van der Waals surface area contributed by atoms with E-state index in [-0.39, 0.29) is 0 Å². The number of H-pyrrole nitrogens is 1. The molecule has 0 aliphatic carbocycles. The molecule has 0 bridgehead atoms. The SMILES string of the molecule is Nc1c(C(F)F)[nH]cc(I)c1=O. The number of anilines is 1. The van der Waals surface area contributed by atoms with Crippen molar-refractivity contribution >= 4 is 28.3 Å². The van der Waals surface area contributed by atoms with E-state index < -0.39 is 23.2 Å². The van der Waals surface area contributed by atoms with Gasteiger partial charge in [-0.2, -0.15) is 0 Å². The van der Waals surface area contributed by atoms with E-state index in [2.05, 4.69) is 4.98 Å². The quantitative estimate of drug-likeness (QED) is 0.769. The minimum Gasteiger partial charge on any atom is -0.394 e. The summed E-state index contributed by atoms with van der Waals surface area (Å²) in [5.41, 5.74) is 3.69. The van der Waals surface area contributed by atoms with Crippen LogP contribution in [-0.2, 0) is 0 Å². The fourth-order valence-corrected chi connectivity index (χ4v) is 1.16. The Morgan fingerprint density at radius 2 is 2.17 bits per heavy atom. The Bertz CT molecular complexity index is 350. The maximum atomic E-state index is 12.1. The van der Waals surface area contributed by atoms with Crippen LogP contribution in [0.3, 0.4) is 0 Å². The average Bonchev–Trinajstić information content (AvgIpc) is 2.00. The van der Waals surface area contributed by atoms with Crippen LogP contribution in [-0.4, -0.2) is 4.98 Å². The third kappa shape index (κ3) is 1.57. The molecule has 1 rings (SSSR count). The fraction of sp³-hybridized carbons (Fsp3) is 0.167. The summed E-state index contributed by atoms with van der Waals surface area (Å²) >= 11 is 1.72. The number of nitrogens with one attached hydrogen (secondary N) is 1. The topological polar surface area (TPSA) is 58.9 Å². The first-order chi connectivity index (χ1) is 5.54. The van der Waals surface area contributed by atoms with Gasteiger partial charge in [-0.15, -0.1) is 0 Å². The zero-order chi connectivity index (χ0) is 9.30. The van der Waals surface area contributed by atoms with Crippen LogP contribution in [0.1, 0.15) is 12.1 Å². The van der Waals surface area contributed by atoms with Gasteiger partial charge < -0.3 is 10.7 Å². The molecule has 0 aromatic carbocycles. The van der Waals surface area contributed by atoms with Crippen LogP contribution in [0.5, 0.6) is 0 Å². The maximum absolute atomic E-state index is 12.1. The molecule has 66 valence electrons. The lowest BCUT2D eigenvalue weighted by Crippen LogP contribution is -2.15. The number of rotatable bonds is 1. The third-order valence-corrected chi connectivity index (χ3v) is 2.13. The van der Waals surface area contributed by atoms with Gasteiger partial charge >= 0.3 is 0 Å². The zero-order valence-corrected chi connectivity index (χ0v) is 7.93. The first kappa shape index (κ1) is 9.43. The highest BCUT2D eigenvalue weighted by atomic mass is 127. The average molecular weight is 286 g/mol. The number of hydrogen-bond acceptors (Lipinski definition) is 2. The van der Waals surface area contributed by atoms with Gasteiger partial charge in [0.05, 0.1) is 3.57 Å². The number of alkyl halides is 2. The molecule has 0 atom stereocenters. The normalized spacial score (nSPS) is 10.7. The number of nitrogens with two attached hydrogens (primary N) is 1. The second-order valence-corrected chi connectivity index (χ2v) is 3.26. The summed E-state index contributed by atoms with van der Waals surface area (Å²) in [6.07, 6.45) is -1.53. The van der Waals surface area contributed by atoms with Crippen LogP contribution in [0.2, 0.25) is 0 Å². The van der Waals surface area contributed by atoms with Crippen LogP contribution in [0.25, 0.3) is 0 Å². The predicted molar refractivity (Wildman–Crippen MR) is 49.1 cm³/mol. The molecule has 0 saturated heterocycles. The molecule has 0 amide bonds. The van der Waals surface area contributed by atoms with E-state index >= 15 is 0 Å². The molecule has 0 spiro atoms. The summed E-state index contributed by atoms with van der Waals surface area (Å²) in [5, 5.41) is 0. The molecule has 0 unspecified atom stereocenters. The summed E-state index contributed by atoms with van der Waals surface area (Å²) in [4.78, 5) is 13.3. The van der Waals surface area contributed by atoms with Crippen molar-refractivity contribution in [3.63, 3.8) is 0 Å². The Kier molecular flexibility index (Phi) is 2.65. The van der Waals surface area contributed by atoms with Gasteiger partial charge in [-0.1, -0.05) is 0 Å². The molecular formula is C6H5F2IN2O. The van der Waals surface area contributed by atoms with Crippen molar-refractivity contribution < 1.29 is 8.78 Å². The predicted octanol–water partition coefficient (Wildman–Crippen LogP) is 1.50. The smallest absolute Gasteiger partial charge is 0.280 e. The lowest BCUT2D eigenvalue weighted by atomic mass is 10.3. The highest BCUT2D eigenvalue weighted by Crippen LogP contribution is 2.19. The van der Waals surface area contributed by atoms with Gasteiger partial charge in [-0.3, -0.25) is 4.79 Å². The van der Waals surface area contributed by atoms with Gasteiger partial charge in [0.25, 0.3) is 6.43 Å². The molecule has 1 aromatic rings. The Hall–Kier alpha value is -0.660. The minimum absolute atomic E-state index is 0.300. The molecule has 1 heterocycles. The van der Waals surface area contributed by atoms with Crippen LogP contribution in [0.15, 0.2) is 11.0 Å². The number of pyridine rings is 1. The van der Waals surface area contributed by atoms with E-state index in [4.69, 9.17) is 5.73 Å². The van der Waals surface area contributed by atoms with Crippen molar-refractivity contribution in [3.05, 3.63) is 25.7 Å². The largest absolute Gasteiger partial charge is 0.394 e. The fourth-order valence-electron chi connectivity index (χ4n) is 0.716. The highest BCUT2D eigenvalue weighted by Gasteiger charge is 2.14. The Morgan fingerprint density at radius 3 is 2.67 bits per heavy atom. The van der Waals surface area contributed by atoms with Crippen molar-refractivity contribution in [2.24, 2.45) is 0 Å². The second-order valence-electron chi connectivity index (χ2n) is 2.09. The van der Waals surface area contributed by atoms with Crippen LogP contribution in [0, 0.1) is 3.57 Å². The summed E-state index contributed by atoms with van der Waals surface area (Å²) in [6.45, 7) is 0.